The molecule has 0 aliphatic carbocycles. The molecular weight excluding hydrogens is 590 g/mol. The summed E-state index contributed by atoms with van der Waals surface area (Å²) >= 11 is 4.07. The van der Waals surface area contributed by atoms with Crippen LogP contribution in [0.2, 0.25) is 0 Å². The number of carboxylic acids is 1. The van der Waals surface area contributed by atoms with Crippen molar-refractivity contribution in [2.45, 2.75) is 77.0 Å². The molecule has 1 aliphatic rings. The number of unbranched alkanes of at least 4 members (excludes halogenated alkanes) is 1. The molecule has 6 N–H and O–H groups in total. The van der Waals surface area contributed by atoms with Crippen molar-refractivity contribution in [3.8, 4) is 5.75 Å². The highest BCUT2D eigenvalue weighted by Crippen LogP contribution is 2.24. The molecule has 0 aromatic heterocycles. The number of imide groups is 1. The van der Waals surface area contributed by atoms with Crippen LogP contribution in [0, 0.1) is 5.92 Å². The summed E-state index contributed by atoms with van der Waals surface area (Å²) in [6.07, 6.45) is 4.60. The van der Waals surface area contributed by atoms with Crippen LogP contribution in [0.1, 0.15) is 58.4 Å². The molecule has 1 fully saturated rings. The predicted octanol–water partition coefficient (Wildman–Crippen LogP) is 1.57. The van der Waals surface area contributed by atoms with E-state index in [9.17, 15) is 29.1 Å². The standard InChI is InChI=1S/C30H47N5O8S/c1-30(2,3)43-29(41)34-13-11-20(12-14-34)6-4-5-15-42-22-9-7-21(8-10-22)16-23(28(39)40)33-27(38)24(19-44)35(25(36)17-31)26(37)18-32/h7-10,20,23-24,44H,4-6,11-19,31-32H2,1-3H3,(H,33,38)(H,39,40). The Morgan fingerprint density at radius 1 is 1.05 bits per heavy atom. The van der Waals surface area contributed by atoms with E-state index in [1.165, 1.54) is 0 Å². The van der Waals surface area contributed by atoms with E-state index in [2.05, 4.69) is 17.9 Å². The Morgan fingerprint density at radius 3 is 2.14 bits per heavy atom. The molecule has 246 valence electrons. The van der Waals surface area contributed by atoms with Crippen molar-refractivity contribution >= 4 is 42.4 Å². The van der Waals surface area contributed by atoms with E-state index in [0.717, 1.165) is 32.1 Å². The number of carbonyl (C=O) groups excluding carboxylic acids is 4. The fourth-order valence-electron chi connectivity index (χ4n) is 4.85. The molecule has 1 aromatic carbocycles. The average Bonchev–Trinajstić information content (AvgIpc) is 2.98. The molecule has 2 atom stereocenters. The Hall–Kier alpha value is -3.36. The fourth-order valence-corrected chi connectivity index (χ4v) is 5.18. The first kappa shape index (κ1) is 36.8. The number of thiol groups is 1. The Bertz CT molecular complexity index is 1100. The summed E-state index contributed by atoms with van der Waals surface area (Å²) in [5, 5.41) is 12.1. The number of aliphatic carboxylic acids is 1. The van der Waals surface area contributed by atoms with E-state index < -0.39 is 54.5 Å². The van der Waals surface area contributed by atoms with Crippen LogP contribution in [-0.2, 0) is 30.3 Å². The fraction of sp³-hybridized carbons (Fsp3) is 0.633. The topological polar surface area (TPSA) is 195 Å². The number of nitrogens with zero attached hydrogens (tertiary/aromatic N) is 2. The number of benzene rings is 1. The van der Waals surface area contributed by atoms with Crippen molar-refractivity contribution in [3.63, 3.8) is 0 Å². The molecule has 2 rings (SSSR count). The SMILES string of the molecule is CC(C)(C)OC(=O)N1CCC(CCCCOc2ccc(CC(NC(=O)C(CS)N(C(=O)CN)C(=O)CN)C(=O)O)cc2)CC1. The van der Waals surface area contributed by atoms with Crippen LogP contribution in [0.4, 0.5) is 4.79 Å². The highest BCUT2D eigenvalue weighted by molar-refractivity contribution is 7.80. The van der Waals surface area contributed by atoms with Crippen molar-refractivity contribution < 1.29 is 38.6 Å². The van der Waals surface area contributed by atoms with Gasteiger partial charge in [0.2, 0.25) is 17.7 Å². The molecule has 1 saturated heterocycles. The minimum Gasteiger partial charge on any atom is -0.494 e. The van der Waals surface area contributed by atoms with E-state index in [4.69, 9.17) is 20.9 Å². The van der Waals surface area contributed by atoms with Gasteiger partial charge in [0.1, 0.15) is 23.4 Å². The lowest BCUT2D eigenvalue weighted by atomic mass is 9.92. The van der Waals surface area contributed by atoms with Crippen LogP contribution in [0.25, 0.3) is 0 Å². The Balaban J connectivity index is 1.79. The first-order valence-corrected chi connectivity index (χ1v) is 15.5. The summed E-state index contributed by atoms with van der Waals surface area (Å²) in [5.74, 6) is -2.81. The van der Waals surface area contributed by atoms with Crippen molar-refractivity contribution in [2.24, 2.45) is 17.4 Å². The minimum atomic E-state index is -1.37. The number of hydrogen-bond acceptors (Lipinski definition) is 10. The van der Waals surface area contributed by atoms with E-state index in [1.54, 1.807) is 29.2 Å². The van der Waals surface area contributed by atoms with Crippen molar-refractivity contribution in [1.29, 1.82) is 0 Å². The van der Waals surface area contributed by atoms with Gasteiger partial charge in [0.15, 0.2) is 0 Å². The summed E-state index contributed by atoms with van der Waals surface area (Å²) < 4.78 is 11.3. The lowest BCUT2D eigenvalue weighted by Gasteiger charge is -2.33. The van der Waals surface area contributed by atoms with E-state index >= 15 is 0 Å². The van der Waals surface area contributed by atoms with Crippen molar-refractivity contribution in [1.82, 2.24) is 15.1 Å². The maximum absolute atomic E-state index is 12.9. The summed E-state index contributed by atoms with van der Waals surface area (Å²) in [4.78, 5) is 63.8. The van der Waals surface area contributed by atoms with Crippen molar-refractivity contribution in [3.05, 3.63) is 29.8 Å². The molecule has 1 aromatic rings. The first-order valence-electron chi connectivity index (χ1n) is 14.9. The lowest BCUT2D eigenvalue weighted by Crippen LogP contribution is -2.58. The third-order valence-corrected chi connectivity index (χ3v) is 7.54. The van der Waals surface area contributed by atoms with Gasteiger partial charge in [-0.15, -0.1) is 0 Å². The van der Waals surface area contributed by atoms with Crippen LogP contribution in [0.15, 0.2) is 24.3 Å². The third kappa shape index (κ3) is 12.0. The molecule has 44 heavy (non-hydrogen) atoms. The van der Waals surface area contributed by atoms with Gasteiger partial charge in [-0.1, -0.05) is 18.6 Å². The molecule has 4 amide bonds. The highest BCUT2D eigenvalue weighted by atomic mass is 32.1. The summed E-state index contributed by atoms with van der Waals surface area (Å²) in [6, 6.07) is 4.22. The van der Waals surface area contributed by atoms with E-state index in [-0.39, 0.29) is 18.3 Å². The number of nitrogens with two attached hydrogens (primary N) is 2. The largest absolute Gasteiger partial charge is 0.494 e. The zero-order chi connectivity index (χ0) is 32.9. The van der Waals surface area contributed by atoms with Gasteiger partial charge in [-0.3, -0.25) is 19.3 Å². The van der Waals surface area contributed by atoms with Gasteiger partial charge < -0.3 is 36.3 Å². The number of nitrogens with one attached hydrogen (secondary N) is 1. The molecule has 14 heteroatoms. The van der Waals surface area contributed by atoms with E-state index in [1.807, 2.05) is 20.8 Å². The number of likely N-dealkylation sites (tertiary alicyclic amines) is 1. The number of rotatable bonds is 15. The minimum absolute atomic E-state index is 0.0386. The molecular formula is C30H47N5O8S. The predicted molar refractivity (Wildman–Crippen MR) is 167 cm³/mol. The summed E-state index contributed by atoms with van der Waals surface area (Å²) in [6.45, 7) is 6.50. The highest BCUT2D eigenvalue weighted by Gasteiger charge is 2.34. The lowest BCUT2D eigenvalue weighted by molar-refractivity contribution is -0.150. The number of piperidine rings is 1. The summed E-state index contributed by atoms with van der Waals surface area (Å²) in [5.41, 5.74) is 10.9. The smallest absolute Gasteiger partial charge is 0.410 e. The molecule has 0 spiro atoms. The normalized spacial score (nSPS) is 15.2. The second-order valence-electron chi connectivity index (χ2n) is 11.8. The molecule has 13 nitrogen and oxygen atoms in total. The van der Waals surface area contributed by atoms with Crippen LogP contribution in [0.3, 0.4) is 0 Å². The number of amides is 4. The van der Waals surface area contributed by atoms with Crippen LogP contribution in [0.5, 0.6) is 5.75 Å². The molecule has 0 radical (unpaired) electrons. The molecule has 1 aliphatic heterocycles. The van der Waals surface area contributed by atoms with Crippen LogP contribution < -0.4 is 21.5 Å². The van der Waals surface area contributed by atoms with Gasteiger partial charge in [-0.25, -0.2) is 9.59 Å². The zero-order valence-electron chi connectivity index (χ0n) is 25.8. The third-order valence-electron chi connectivity index (χ3n) is 7.19. The maximum atomic E-state index is 12.9. The number of carbonyl (C=O) groups is 5. The van der Waals surface area contributed by atoms with Gasteiger partial charge in [0.05, 0.1) is 19.7 Å². The quantitative estimate of drug-likeness (QED) is 0.139. The average molecular weight is 638 g/mol. The number of hydrogen-bond donors (Lipinski definition) is 5. The number of ether oxygens (including phenoxy) is 2. The maximum Gasteiger partial charge on any atom is 0.410 e. The Kier molecular flexibility index (Phi) is 14.9. The molecule has 0 saturated carbocycles. The van der Waals surface area contributed by atoms with Crippen LogP contribution in [-0.4, -0.2) is 101 Å². The van der Waals surface area contributed by atoms with E-state index in [0.29, 0.717) is 41.8 Å². The molecule has 2 unspecified atom stereocenters. The zero-order valence-corrected chi connectivity index (χ0v) is 26.7. The first-order chi connectivity index (χ1) is 20.8. The summed E-state index contributed by atoms with van der Waals surface area (Å²) in [7, 11) is 0. The molecule has 1 heterocycles. The van der Waals surface area contributed by atoms with Crippen LogP contribution >= 0.6 is 12.6 Å². The monoisotopic (exact) mass is 637 g/mol. The molecule has 0 bridgehead atoms. The van der Waals surface area contributed by atoms with Crippen molar-refractivity contribution in [2.75, 3.05) is 38.5 Å². The van der Waals surface area contributed by atoms with Gasteiger partial charge in [0.25, 0.3) is 0 Å². The Morgan fingerprint density at radius 2 is 1.64 bits per heavy atom. The number of carboxylic acid groups (broad SMARTS) is 1. The van der Waals surface area contributed by atoms with Gasteiger partial charge in [-0.05, 0) is 70.1 Å². The van der Waals surface area contributed by atoms with Gasteiger partial charge in [-0.2, -0.15) is 12.6 Å². The van der Waals surface area contributed by atoms with Gasteiger partial charge >= 0.3 is 12.1 Å². The second-order valence-corrected chi connectivity index (χ2v) is 12.1. The van der Waals surface area contributed by atoms with Gasteiger partial charge in [0, 0.05) is 25.3 Å². The Labute approximate surface area is 264 Å². The second kappa shape index (κ2) is 17.8.